The summed E-state index contributed by atoms with van der Waals surface area (Å²) in [6.07, 6.45) is 2.19. The third-order valence-corrected chi connectivity index (χ3v) is 4.06. The van der Waals surface area contributed by atoms with Crippen LogP contribution in [0.2, 0.25) is 0 Å². The zero-order valence-corrected chi connectivity index (χ0v) is 9.88. The van der Waals surface area contributed by atoms with Crippen LogP contribution in [0.4, 0.5) is 0 Å². The van der Waals surface area contributed by atoms with Gasteiger partial charge in [-0.3, -0.25) is 4.79 Å². The molecule has 0 spiro atoms. The molecule has 1 aliphatic heterocycles. The van der Waals surface area contributed by atoms with Crippen LogP contribution in [0.15, 0.2) is 0 Å². The van der Waals surface area contributed by atoms with Gasteiger partial charge < -0.3 is 10.6 Å². The monoisotopic (exact) mass is 216 g/mol. The Morgan fingerprint density at radius 2 is 2.29 bits per heavy atom. The molecule has 1 aliphatic rings. The second kappa shape index (κ2) is 5.61. The highest BCUT2D eigenvalue weighted by Crippen LogP contribution is 2.37. The van der Waals surface area contributed by atoms with Crippen LogP contribution in [0, 0.1) is 0 Å². The van der Waals surface area contributed by atoms with E-state index in [-0.39, 0.29) is 10.7 Å². The van der Waals surface area contributed by atoms with E-state index in [2.05, 4.69) is 17.6 Å². The van der Waals surface area contributed by atoms with Gasteiger partial charge in [-0.2, -0.15) is 0 Å². The summed E-state index contributed by atoms with van der Waals surface area (Å²) in [5.74, 6) is 1.33. The van der Waals surface area contributed by atoms with Crippen LogP contribution in [0.3, 0.4) is 0 Å². The number of thioether (sulfide) groups is 1. The molecule has 0 radical (unpaired) electrons. The number of amides is 1. The number of hydrogen-bond donors (Lipinski definition) is 2. The Bertz CT molecular complexity index is 191. The fourth-order valence-corrected chi connectivity index (χ4v) is 2.82. The van der Waals surface area contributed by atoms with E-state index in [1.54, 1.807) is 11.8 Å². The fraction of sp³-hybridized carbons (Fsp3) is 0.900. The van der Waals surface area contributed by atoms with Gasteiger partial charge in [-0.1, -0.05) is 6.92 Å². The van der Waals surface area contributed by atoms with E-state index in [0.717, 1.165) is 31.8 Å². The Morgan fingerprint density at radius 1 is 1.50 bits per heavy atom. The van der Waals surface area contributed by atoms with Crippen LogP contribution in [-0.2, 0) is 4.79 Å². The zero-order valence-electron chi connectivity index (χ0n) is 9.06. The number of carbonyl (C=O) groups is 1. The summed E-state index contributed by atoms with van der Waals surface area (Å²) in [5, 5.41) is 6.16. The first-order chi connectivity index (χ1) is 6.69. The number of carbonyl (C=O) groups excluding carboxylic acids is 1. The van der Waals surface area contributed by atoms with Gasteiger partial charge in [0.25, 0.3) is 0 Å². The minimum atomic E-state index is -0.161. The van der Waals surface area contributed by atoms with Crippen molar-refractivity contribution in [2.45, 2.75) is 31.4 Å². The summed E-state index contributed by atoms with van der Waals surface area (Å²) >= 11 is 1.78. The molecule has 0 aromatic heterocycles. The van der Waals surface area contributed by atoms with Crippen LogP contribution in [-0.4, -0.2) is 36.0 Å². The van der Waals surface area contributed by atoms with Crippen molar-refractivity contribution in [2.24, 2.45) is 0 Å². The molecule has 1 saturated heterocycles. The van der Waals surface area contributed by atoms with Gasteiger partial charge in [0.2, 0.25) is 5.91 Å². The van der Waals surface area contributed by atoms with Crippen molar-refractivity contribution in [3.05, 3.63) is 0 Å². The number of rotatable bonds is 5. The van der Waals surface area contributed by atoms with Crippen molar-refractivity contribution in [1.29, 1.82) is 0 Å². The van der Waals surface area contributed by atoms with Gasteiger partial charge in [0, 0.05) is 13.1 Å². The lowest BCUT2D eigenvalue weighted by atomic mass is 10.1. The predicted molar refractivity (Wildman–Crippen MR) is 61.7 cm³/mol. The molecule has 0 saturated carbocycles. The van der Waals surface area contributed by atoms with E-state index in [1.807, 2.05) is 6.92 Å². The van der Waals surface area contributed by atoms with Gasteiger partial charge in [-0.05, 0) is 32.1 Å². The highest BCUT2D eigenvalue weighted by Gasteiger charge is 2.36. The van der Waals surface area contributed by atoms with Crippen molar-refractivity contribution in [1.82, 2.24) is 10.6 Å². The Labute approximate surface area is 90.4 Å². The Morgan fingerprint density at radius 3 is 2.86 bits per heavy atom. The molecule has 14 heavy (non-hydrogen) atoms. The molecule has 1 heterocycles. The van der Waals surface area contributed by atoms with Crippen molar-refractivity contribution >= 4 is 17.7 Å². The first-order valence-corrected chi connectivity index (χ1v) is 6.30. The third-order valence-electron chi connectivity index (χ3n) is 2.54. The minimum Gasteiger partial charge on any atom is -0.354 e. The summed E-state index contributed by atoms with van der Waals surface area (Å²) in [4.78, 5) is 11.8. The Balaban J connectivity index is 2.20. The van der Waals surface area contributed by atoms with E-state index in [0.29, 0.717) is 0 Å². The van der Waals surface area contributed by atoms with Gasteiger partial charge in [0.1, 0.15) is 0 Å². The summed E-state index contributed by atoms with van der Waals surface area (Å²) in [6.45, 7) is 6.68. The molecule has 1 atom stereocenters. The largest absolute Gasteiger partial charge is 0.354 e. The maximum absolute atomic E-state index is 11.8. The van der Waals surface area contributed by atoms with Gasteiger partial charge >= 0.3 is 0 Å². The molecule has 1 rings (SSSR count). The smallest absolute Gasteiger partial charge is 0.235 e. The van der Waals surface area contributed by atoms with Gasteiger partial charge in [-0.15, -0.1) is 11.8 Å². The van der Waals surface area contributed by atoms with Crippen LogP contribution in [0.5, 0.6) is 0 Å². The van der Waals surface area contributed by atoms with Gasteiger partial charge in [-0.25, -0.2) is 0 Å². The van der Waals surface area contributed by atoms with E-state index < -0.39 is 0 Å². The van der Waals surface area contributed by atoms with Gasteiger partial charge in [0.05, 0.1) is 4.75 Å². The number of likely N-dealkylation sites (N-methyl/N-ethyl adjacent to an activating group) is 1. The van der Waals surface area contributed by atoms with E-state index in [4.69, 9.17) is 0 Å². The summed E-state index contributed by atoms with van der Waals surface area (Å²) in [5.41, 5.74) is 0. The highest BCUT2D eigenvalue weighted by molar-refractivity contribution is 8.01. The van der Waals surface area contributed by atoms with E-state index in [1.165, 1.54) is 6.42 Å². The topological polar surface area (TPSA) is 41.1 Å². The molecule has 82 valence electrons. The quantitative estimate of drug-likeness (QED) is 0.674. The SMILES string of the molecule is CCNCCNC(=O)C1(C)CCCS1. The van der Waals surface area contributed by atoms with Crippen molar-refractivity contribution in [3.63, 3.8) is 0 Å². The van der Waals surface area contributed by atoms with Crippen LogP contribution in [0.25, 0.3) is 0 Å². The second-order valence-electron chi connectivity index (χ2n) is 3.79. The maximum Gasteiger partial charge on any atom is 0.235 e. The number of hydrogen-bond acceptors (Lipinski definition) is 3. The molecular weight excluding hydrogens is 196 g/mol. The van der Waals surface area contributed by atoms with Crippen LogP contribution >= 0.6 is 11.8 Å². The van der Waals surface area contributed by atoms with Crippen molar-refractivity contribution in [2.75, 3.05) is 25.4 Å². The predicted octanol–water partition coefficient (Wildman–Crippen LogP) is 0.998. The standard InChI is InChI=1S/C10H20N2OS/c1-3-11-6-7-12-9(13)10(2)5-4-8-14-10/h11H,3-8H2,1-2H3,(H,12,13). The maximum atomic E-state index is 11.8. The lowest BCUT2D eigenvalue weighted by molar-refractivity contribution is -0.123. The average Bonchev–Trinajstić information content (AvgIpc) is 2.61. The lowest BCUT2D eigenvalue weighted by Gasteiger charge is -2.21. The van der Waals surface area contributed by atoms with Gasteiger partial charge in [0.15, 0.2) is 0 Å². The molecule has 3 nitrogen and oxygen atoms in total. The fourth-order valence-electron chi connectivity index (χ4n) is 1.59. The molecule has 1 fully saturated rings. The minimum absolute atomic E-state index is 0.161. The Hall–Kier alpha value is -0.220. The normalized spacial score (nSPS) is 26.4. The zero-order chi connectivity index (χ0) is 10.4. The van der Waals surface area contributed by atoms with E-state index in [9.17, 15) is 4.79 Å². The Kier molecular flexibility index (Phi) is 4.75. The molecule has 1 amide bonds. The van der Waals surface area contributed by atoms with Crippen LogP contribution in [0.1, 0.15) is 26.7 Å². The molecule has 0 aromatic rings. The second-order valence-corrected chi connectivity index (χ2v) is 5.39. The number of nitrogens with one attached hydrogen (secondary N) is 2. The first kappa shape index (κ1) is 11.9. The molecule has 4 heteroatoms. The molecule has 0 aromatic carbocycles. The first-order valence-electron chi connectivity index (χ1n) is 5.32. The lowest BCUT2D eigenvalue weighted by Crippen LogP contribution is -2.42. The molecule has 2 N–H and O–H groups in total. The molecule has 0 aliphatic carbocycles. The highest BCUT2D eigenvalue weighted by atomic mass is 32.2. The summed E-state index contributed by atoms with van der Waals surface area (Å²) < 4.78 is -0.161. The molecular formula is C10H20N2OS. The average molecular weight is 216 g/mol. The summed E-state index contributed by atoms with van der Waals surface area (Å²) in [7, 11) is 0. The van der Waals surface area contributed by atoms with E-state index >= 15 is 0 Å². The van der Waals surface area contributed by atoms with Crippen LogP contribution < -0.4 is 10.6 Å². The van der Waals surface area contributed by atoms with Crippen molar-refractivity contribution in [3.8, 4) is 0 Å². The molecule has 0 bridgehead atoms. The molecule has 1 unspecified atom stereocenters. The summed E-state index contributed by atoms with van der Waals surface area (Å²) in [6, 6.07) is 0. The third kappa shape index (κ3) is 3.17. The van der Waals surface area contributed by atoms with Crippen molar-refractivity contribution < 1.29 is 4.79 Å².